The first-order chi connectivity index (χ1) is 10.6. The lowest BCUT2D eigenvalue weighted by molar-refractivity contribution is 0.112. The Morgan fingerprint density at radius 2 is 1.91 bits per heavy atom. The van der Waals surface area contributed by atoms with Crippen LogP contribution in [0.1, 0.15) is 15.9 Å². The summed E-state index contributed by atoms with van der Waals surface area (Å²) in [7, 11) is 1.50. The standard InChI is InChI=1S/C17H19NO4/c1-12-4-3-5-14(8-12)21-6-7-22-17-15(18)9-13(11-19)10-16(17)20-2/h3-5,8-11H,6-7,18H2,1-2H3. The fourth-order valence-electron chi connectivity index (χ4n) is 2.03. The van der Waals surface area contributed by atoms with Gasteiger partial charge in [-0.15, -0.1) is 0 Å². The molecule has 0 spiro atoms. The average molecular weight is 301 g/mol. The molecule has 22 heavy (non-hydrogen) atoms. The van der Waals surface area contributed by atoms with Crippen molar-refractivity contribution in [1.82, 2.24) is 0 Å². The predicted octanol–water partition coefficient (Wildman–Crippen LogP) is 2.86. The Morgan fingerprint density at radius 3 is 2.59 bits per heavy atom. The molecule has 0 unspecified atom stereocenters. The summed E-state index contributed by atoms with van der Waals surface area (Å²) < 4.78 is 16.4. The van der Waals surface area contributed by atoms with Crippen LogP contribution in [0, 0.1) is 6.92 Å². The number of nitrogen functional groups attached to an aromatic ring is 1. The van der Waals surface area contributed by atoms with E-state index in [1.165, 1.54) is 7.11 Å². The lowest BCUT2D eigenvalue weighted by atomic mass is 10.2. The van der Waals surface area contributed by atoms with Crippen LogP contribution < -0.4 is 19.9 Å². The van der Waals surface area contributed by atoms with E-state index in [0.29, 0.717) is 42.2 Å². The van der Waals surface area contributed by atoms with Crippen molar-refractivity contribution in [3.05, 3.63) is 47.5 Å². The number of nitrogens with two attached hydrogens (primary N) is 1. The number of carbonyl (C=O) groups is 1. The first kappa shape index (κ1) is 15.7. The maximum atomic E-state index is 10.8. The van der Waals surface area contributed by atoms with Crippen molar-refractivity contribution in [1.29, 1.82) is 0 Å². The summed E-state index contributed by atoms with van der Waals surface area (Å²) in [4.78, 5) is 10.8. The van der Waals surface area contributed by atoms with Crippen LogP contribution in [0.15, 0.2) is 36.4 Å². The quantitative estimate of drug-likeness (QED) is 0.484. The average Bonchev–Trinajstić information content (AvgIpc) is 2.52. The van der Waals surface area contributed by atoms with Gasteiger partial charge in [0.25, 0.3) is 0 Å². The highest BCUT2D eigenvalue weighted by molar-refractivity contribution is 5.80. The maximum Gasteiger partial charge on any atom is 0.184 e. The van der Waals surface area contributed by atoms with E-state index >= 15 is 0 Å². The molecule has 0 amide bonds. The molecule has 0 bridgehead atoms. The van der Waals surface area contributed by atoms with Crippen LogP contribution in [0.3, 0.4) is 0 Å². The number of hydrogen-bond donors (Lipinski definition) is 1. The molecule has 0 aliphatic heterocycles. The van der Waals surface area contributed by atoms with Crippen molar-refractivity contribution < 1.29 is 19.0 Å². The zero-order valence-corrected chi connectivity index (χ0v) is 12.7. The topological polar surface area (TPSA) is 70.8 Å². The molecular weight excluding hydrogens is 282 g/mol. The smallest absolute Gasteiger partial charge is 0.184 e. The minimum Gasteiger partial charge on any atom is -0.493 e. The highest BCUT2D eigenvalue weighted by Crippen LogP contribution is 2.34. The van der Waals surface area contributed by atoms with Crippen LogP contribution in [-0.4, -0.2) is 26.6 Å². The van der Waals surface area contributed by atoms with Crippen LogP contribution in [0.4, 0.5) is 5.69 Å². The van der Waals surface area contributed by atoms with Gasteiger partial charge in [0.1, 0.15) is 25.2 Å². The number of aldehydes is 1. The molecule has 0 atom stereocenters. The van der Waals surface area contributed by atoms with Gasteiger partial charge in [0.15, 0.2) is 11.5 Å². The van der Waals surface area contributed by atoms with Gasteiger partial charge in [0.2, 0.25) is 0 Å². The minimum atomic E-state index is 0.314. The normalized spacial score (nSPS) is 10.1. The third kappa shape index (κ3) is 3.91. The van der Waals surface area contributed by atoms with E-state index in [2.05, 4.69) is 0 Å². The van der Waals surface area contributed by atoms with Gasteiger partial charge in [-0.1, -0.05) is 12.1 Å². The summed E-state index contributed by atoms with van der Waals surface area (Å²) in [6, 6.07) is 10.9. The first-order valence-electron chi connectivity index (χ1n) is 6.89. The summed E-state index contributed by atoms with van der Waals surface area (Å²) in [5.41, 5.74) is 7.82. The van der Waals surface area contributed by atoms with Crippen molar-refractivity contribution >= 4 is 12.0 Å². The fraction of sp³-hybridized carbons (Fsp3) is 0.235. The van der Waals surface area contributed by atoms with E-state index in [9.17, 15) is 4.79 Å². The highest BCUT2D eigenvalue weighted by Gasteiger charge is 2.11. The van der Waals surface area contributed by atoms with E-state index in [4.69, 9.17) is 19.9 Å². The Bertz CT molecular complexity index is 655. The first-order valence-corrected chi connectivity index (χ1v) is 6.89. The summed E-state index contributed by atoms with van der Waals surface area (Å²) in [6.07, 6.45) is 0.712. The van der Waals surface area contributed by atoms with E-state index in [1.807, 2.05) is 31.2 Å². The number of hydrogen-bond acceptors (Lipinski definition) is 5. The summed E-state index contributed by atoms with van der Waals surface area (Å²) in [5, 5.41) is 0. The number of aryl methyl sites for hydroxylation is 1. The molecule has 2 aromatic carbocycles. The van der Waals surface area contributed by atoms with Gasteiger partial charge in [-0.05, 0) is 36.8 Å². The Morgan fingerprint density at radius 1 is 1.14 bits per heavy atom. The van der Waals surface area contributed by atoms with Crippen molar-refractivity contribution in [3.63, 3.8) is 0 Å². The third-order valence-corrected chi connectivity index (χ3v) is 3.05. The van der Waals surface area contributed by atoms with Gasteiger partial charge in [-0.2, -0.15) is 0 Å². The van der Waals surface area contributed by atoms with Crippen LogP contribution in [-0.2, 0) is 0 Å². The van der Waals surface area contributed by atoms with E-state index in [1.54, 1.807) is 12.1 Å². The van der Waals surface area contributed by atoms with E-state index in [-0.39, 0.29) is 0 Å². The molecule has 0 aliphatic carbocycles. The predicted molar refractivity (Wildman–Crippen MR) is 85.0 cm³/mol. The lowest BCUT2D eigenvalue weighted by Crippen LogP contribution is -2.11. The molecule has 0 aromatic heterocycles. The molecule has 0 aliphatic rings. The zero-order chi connectivity index (χ0) is 15.9. The van der Waals surface area contributed by atoms with Gasteiger partial charge < -0.3 is 19.9 Å². The second kappa shape index (κ2) is 7.36. The van der Waals surface area contributed by atoms with Crippen LogP contribution in [0.2, 0.25) is 0 Å². The number of benzene rings is 2. The van der Waals surface area contributed by atoms with Crippen molar-refractivity contribution in [2.24, 2.45) is 0 Å². The van der Waals surface area contributed by atoms with Crippen molar-refractivity contribution in [3.8, 4) is 17.2 Å². The van der Waals surface area contributed by atoms with Gasteiger partial charge >= 0.3 is 0 Å². The van der Waals surface area contributed by atoms with Crippen LogP contribution >= 0.6 is 0 Å². The monoisotopic (exact) mass is 301 g/mol. The lowest BCUT2D eigenvalue weighted by Gasteiger charge is -2.14. The third-order valence-electron chi connectivity index (χ3n) is 3.05. The highest BCUT2D eigenvalue weighted by atomic mass is 16.5. The molecule has 116 valence electrons. The van der Waals surface area contributed by atoms with Gasteiger partial charge in [-0.25, -0.2) is 0 Å². The van der Waals surface area contributed by atoms with Crippen LogP contribution in [0.25, 0.3) is 0 Å². The number of anilines is 1. The summed E-state index contributed by atoms with van der Waals surface area (Å²) >= 11 is 0. The molecule has 5 heteroatoms. The molecular formula is C17H19NO4. The zero-order valence-electron chi connectivity index (χ0n) is 12.7. The van der Waals surface area contributed by atoms with E-state index in [0.717, 1.165) is 11.3 Å². The number of methoxy groups -OCH3 is 1. The Hall–Kier alpha value is -2.69. The molecule has 2 aromatic rings. The second-order valence-corrected chi connectivity index (χ2v) is 4.77. The molecule has 5 nitrogen and oxygen atoms in total. The van der Waals surface area contributed by atoms with Crippen molar-refractivity contribution in [2.45, 2.75) is 6.92 Å². The molecule has 0 radical (unpaired) electrons. The largest absolute Gasteiger partial charge is 0.493 e. The minimum absolute atomic E-state index is 0.314. The number of ether oxygens (including phenoxy) is 3. The Balaban J connectivity index is 1.95. The molecule has 0 saturated carbocycles. The van der Waals surface area contributed by atoms with Gasteiger partial charge in [-0.3, -0.25) is 4.79 Å². The molecule has 2 N–H and O–H groups in total. The molecule has 0 fully saturated rings. The van der Waals surface area contributed by atoms with E-state index < -0.39 is 0 Å². The number of rotatable bonds is 7. The fourth-order valence-corrected chi connectivity index (χ4v) is 2.03. The van der Waals surface area contributed by atoms with Crippen molar-refractivity contribution in [2.75, 3.05) is 26.1 Å². The summed E-state index contributed by atoms with van der Waals surface area (Å²) in [6.45, 7) is 2.69. The van der Waals surface area contributed by atoms with Crippen LogP contribution in [0.5, 0.6) is 17.2 Å². The summed E-state index contributed by atoms with van der Waals surface area (Å²) in [5.74, 6) is 1.64. The molecule has 0 heterocycles. The SMILES string of the molecule is COc1cc(C=O)cc(N)c1OCCOc1cccc(C)c1. The maximum absolute atomic E-state index is 10.8. The van der Waals surface area contributed by atoms with Gasteiger partial charge in [0.05, 0.1) is 12.8 Å². The number of carbonyl (C=O) groups excluding carboxylic acids is 1. The van der Waals surface area contributed by atoms with Gasteiger partial charge in [0, 0.05) is 5.56 Å². The Labute approximate surface area is 129 Å². The molecule has 0 saturated heterocycles. The Kier molecular flexibility index (Phi) is 5.25. The second-order valence-electron chi connectivity index (χ2n) is 4.77. The molecule has 2 rings (SSSR count).